The third-order valence-corrected chi connectivity index (χ3v) is 2.24. The van der Waals surface area contributed by atoms with E-state index in [2.05, 4.69) is 19.2 Å². The van der Waals surface area contributed by atoms with E-state index in [1.54, 1.807) is 0 Å². The lowest BCUT2D eigenvalue weighted by Crippen LogP contribution is -2.33. The Morgan fingerprint density at radius 1 is 1.13 bits per heavy atom. The van der Waals surface area contributed by atoms with Crippen LogP contribution in [0.5, 0.6) is 0 Å². The highest BCUT2D eigenvalue weighted by Crippen LogP contribution is 2.08. The van der Waals surface area contributed by atoms with Crippen LogP contribution in [0.4, 0.5) is 0 Å². The summed E-state index contributed by atoms with van der Waals surface area (Å²) in [5.74, 6) is 0.478. The lowest BCUT2D eigenvalue weighted by atomic mass is 10.0. The van der Waals surface area contributed by atoms with Crippen molar-refractivity contribution < 1.29 is 9.59 Å². The molecule has 0 heterocycles. The van der Waals surface area contributed by atoms with Crippen LogP contribution in [-0.4, -0.2) is 17.7 Å². The summed E-state index contributed by atoms with van der Waals surface area (Å²) in [6, 6.07) is 0.176. The minimum Gasteiger partial charge on any atom is -0.353 e. The third-order valence-electron chi connectivity index (χ3n) is 2.24. The molecule has 1 amide bonds. The summed E-state index contributed by atoms with van der Waals surface area (Å²) in [5.41, 5.74) is 0. The Bertz CT molecular complexity index is 212. The third kappa shape index (κ3) is 9.44. The molecule has 1 unspecified atom stereocenters. The summed E-state index contributed by atoms with van der Waals surface area (Å²) in [4.78, 5) is 21.9. The molecule has 0 spiro atoms. The molecule has 3 nitrogen and oxygen atoms in total. The molecule has 0 saturated carbocycles. The molecule has 88 valence electrons. The predicted molar refractivity (Wildman–Crippen MR) is 61.6 cm³/mol. The Morgan fingerprint density at radius 3 is 2.20 bits per heavy atom. The highest BCUT2D eigenvalue weighted by molar-refractivity contribution is 5.96. The molecule has 1 atom stereocenters. The first-order valence-corrected chi connectivity index (χ1v) is 5.70. The molecule has 0 aliphatic heterocycles. The van der Waals surface area contributed by atoms with E-state index in [0.717, 1.165) is 12.8 Å². The standard InChI is InChI=1S/C12H23NO2/c1-9(2)6-5-7-10(3)13-12(15)8-11(4)14/h9-10H,5-8H2,1-4H3,(H,13,15). The fraction of sp³-hybridized carbons (Fsp3) is 0.833. The fourth-order valence-electron chi connectivity index (χ4n) is 1.46. The molecule has 0 aromatic rings. The van der Waals surface area contributed by atoms with Gasteiger partial charge in [-0.3, -0.25) is 9.59 Å². The number of carbonyl (C=O) groups excluding carboxylic acids is 2. The molecule has 0 aliphatic rings. The number of nitrogens with one attached hydrogen (secondary N) is 1. The van der Waals surface area contributed by atoms with Crippen molar-refractivity contribution in [2.24, 2.45) is 5.92 Å². The molecule has 0 saturated heterocycles. The molecule has 0 aromatic heterocycles. The molecule has 3 heteroatoms. The molecule has 15 heavy (non-hydrogen) atoms. The number of ketones is 1. The highest BCUT2D eigenvalue weighted by atomic mass is 16.2. The SMILES string of the molecule is CC(=O)CC(=O)NC(C)CCCC(C)C. The average Bonchev–Trinajstić information content (AvgIpc) is 2.00. The Morgan fingerprint density at radius 2 is 1.73 bits per heavy atom. The summed E-state index contributed by atoms with van der Waals surface area (Å²) in [7, 11) is 0. The fourth-order valence-corrected chi connectivity index (χ4v) is 1.46. The van der Waals surface area contributed by atoms with Crippen LogP contribution in [0, 0.1) is 5.92 Å². The van der Waals surface area contributed by atoms with Crippen molar-refractivity contribution >= 4 is 11.7 Å². The van der Waals surface area contributed by atoms with Crippen LogP contribution in [-0.2, 0) is 9.59 Å². The van der Waals surface area contributed by atoms with Crippen LogP contribution >= 0.6 is 0 Å². The Balaban J connectivity index is 3.59. The summed E-state index contributed by atoms with van der Waals surface area (Å²) in [5, 5.41) is 2.83. The van der Waals surface area contributed by atoms with E-state index in [1.807, 2.05) is 6.92 Å². The normalized spacial score (nSPS) is 12.6. The molecule has 0 rings (SSSR count). The van der Waals surface area contributed by atoms with Crippen molar-refractivity contribution in [1.82, 2.24) is 5.32 Å². The van der Waals surface area contributed by atoms with Crippen molar-refractivity contribution in [3.8, 4) is 0 Å². The first kappa shape index (κ1) is 14.1. The topological polar surface area (TPSA) is 46.2 Å². The van der Waals surface area contributed by atoms with E-state index >= 15 is 0 Å². The lowest BCUT2D eigenvalue weighted by molar-refractivity contribution is -0.127. The molecule has 0 aliphatic carbocycles. The molecule has 0 fully saturated rings. The zero-order valence-electron chi connectivity index (χ0n) is 10.3. The van der Waals surface area contributed by atoms with Crippen LogP contribution in [0.25, 0.3) is 0 Å². The van der Waals surface area contributed by atoms with Gasteiger partial charge in [-0.2, -0.15) is 0 Å². The van der Waals surface area contributed by atoms with Crippen molar-refractivity contribution in [2.75, 3.05) is 0 Å². The number of rotatable bonds is 7. The van der Waals surface area contributed by atoms with E-state index in [0.29, 0.717) is 5.92 Å². The van der Waals surface area contributed by atoms with Gasteiger partial charge in [-0.15, -0.1) is 0 Å². The van der Waals surface area contributed by atoms with Gasteiger partial charge in [0, 0.05) is 6.04 Å². The maximum Gasteiger partial charge on any atom is 0.227 e. The maximum absolute atomic E-state index is 11.2. The van der Waals surface area contributed by atoms with Gasteiger partial charge in [-0.1, -0.05) is 26.7 Å². The minimum atomic E-state index is -0.153. The second-order valence-corrected chi connectivity index (χ2v) is 4.67. The van der Waals surface area contributed by atoms with Gasteiger partial charge in [0.1, 0.15) is 5.78 Å². The van der Waals surface area contributed by atoms with Crippen molar-refractivity contribution in [2.45, 2.75) is 59.4 Å². The zero-order valence-corrected chi connectivity index (χ0v) is 10.3. The van der Waals surface area contributed by atoms with Crippen LogP contribution in [0.2, 0.25) is 0 Å². The van der Waals surface area contributed by atoms with Crippen LogP contribution in [0.1, 0.15) is 53.4 Å². The highest BCUT2D eigenvalue weighted by Gasteiger charge is 2.09. The Labute approximate surface area is 92.6 Å². The number of Topliss-reactive ketones (excluding diaryl/α,β-unsaturated/α-hetero) is 1. The number of amides is 1. The van der Waals surface area contributed by atoms with Crippen LogP contribution in [0.3, 0.4) is 0 Å². The maximum atomic E-state index is 11.2. The Kier molecular flexibility index (Phi) is 7.01. The monoisotopic (exact) mass is 213 g/mol. The van der Waals surface area contributed by atoms with Gasteiger partial charge in [-0.05, 0) is 26.2 Å². The van der Waals surface area contributed by atoms with Gasteiger partial charge in [0.05, 0.1) is 6.42 Å². The molecular formula is C12H23NO2. The van der Waals surface area contributed by atoms with E-state index < -0.39 is 0 Å². The smallest absolute Gasteiger partial charge is 0.227 e. The second-order valence-electron chi connectivity index (χ2n) is 4.67. The molecule has 0 aromatic carbocycles. The van der Waals surface area contributed by atoms with Gasteiger partial charge in [0.25, 0.3) is 0 Å². The van der Waals surface area contributed by atoms with Gasteiger partial charge in [-0.25, -0.2) is 0 Å². The number of carbonyl (C=O) groups is 2. The lowest BCUT2D eigenvalue weighted by Gasteiger charge is -2.13. The van der Waals surface area contributed by atoms with Crippen molar-refractivity contribution in [3.63, 3.8) is 0 Å². The van der Waals surface area contributed by atoms with Crippen molar-refractivity contribution in [3.05, 3.63) is 0 Å². The van der Waals surface area contributed by atoms with E-state index in [1.165, 1.54) is 13.3 Å². The largest absolute Gasteiger partial charge is 0.353 e. The second kappa shape index (κ2) is 7.43. The Hall–Kier alpha value is -0.860. The molecular weight excluding hydrogens is 190 g/mol. The zero-order chi connectivity index (χ0) is 11.8. The quantitative estimate of drug-likeness (QED) is 0.659. The summed E-state index contributed by atoms with van der Waals surface area (Å²) in [6.45, 7) is 7.80. The van der Waals surface area contributed by atoms with Gasteiger partial charge in [0.15, 0.2) is 0 Å². The molecule has 1 N–H and O–H groups in total. The van der Waals surface area contributed by atoms with Gasteiger partial charge >= 0.3 is 0 Å². The first-order valence-electron chi connectivity index (χ1n) is 5.70. The average molecular weight is 213 g/mol. The van der Waals surface area contributed by atoms with E-state index in [4.69, 9.17) is 0 Å². The minimum absolute atomic E-state index is 0.00845. The van der Waals surface area contributed by atoms with E-state index in [-0.39, 0.29) is 24.2 Å². The summed E-state index contributed by atoms with van der Waals surface area (Å²) >= 11 is 0. The summed E-state index contributed by atoms with van der Waals surface area (Å²) < 4.78 is 0. The van der Waals surface area contributed by atoms with Gasteiger partial charge in [0.2, 0.25) is 5.91 Å². The predicted octanol–water partition coefficient (Wildman–Crippen LogP) is 2.30. The molecule has 0 bridgehead atoms. The molecule has 0 radical (unpaired) electrons. The van der Waals surface area contributed by atoms with E-state index in [9.17, 15) is 9.59 Å². The van der Waals surface area contributed by atoms with Crippen LogP contribution in [0.15, 0.2) is 0 Å². The number of hydrogen-bond donors (Lipinski definition) is 1. The number of hydrogen-bond acceptors (Lipinski definition) is 2. The van der Waals surface area contributed by atoms with Gasteiger partial charge < -0.3 is 5.32 Å². The summed E-state index contributed by atoms with van der Waals surface area (Å²) in [6.07, 6.45) is 3.31. The van der Waals surface area contributed by atoms with Crippen molar-refractivity contribution in [1.29, 1.82) is 0 Å². The van der Waals surface area contributed by atoms with Crippen LogP contribution < -0.4 is 5.32 Å². The first-order chi connectivity index (χ1) is 6.91.